The van der Waals surface area contributed by atoms with Crippen molar-refractivity contribution in [3.8, 4) is 0 Å². The zero-order valence-electron chi connectivity index (χ0n) is 17.2. The fourth-order valence-electron chi connectivity index (χ4n) is 4.10. The van der Waals surface area contributed by atoms with Gasteiger partial charge in [0.1, 0.15) is 0 Å². The van der Waals surface area contributed by atoms with Crippen LogP contribution in [0.15, 0.2) is 95.9 Å². The van der Waals surface area contributed by atoms with E-state index in [9.17, 15) is 8.42 Å². The Balaban J connectivity index is 1.63. The van der Waals surface area contributed by atoms with Crippen LogP contribution in [0, 0.1) is 6.92 Å². The third-order valence-corrected chi connectivity index (χ3v) is 7.68. The molecule has 0 unspecified atom stereocenters. The Morgan fingerprint density at radius 3 is 2.03 bits per heavy atom. The van der Waals surface area contributed by atoms with E-state index in [2.05, 4.69) is 30.3 Å². The quantitative estimate of drug-likeness (QED) is 0.518. The second-order valence-corrected chi connectivity index (χ2v) is 9.70. The summed E-state index contributed by atoms with van der Waals surface area (Å²) in [5, 5.41) is 0. The van der Waals surface area contributed by atoms with Crippen LogP contribution in [-0.4, -0.2) is 25.3 Å². The lowest BCUT2D eigenvalue weighted by Crippen LogP contribution is -2.35. The van der Waals surface area contributed by atoms with E-state index in [1.54, 1.807) is 16.4 Å². The first-order valence-corrected chi connectivity index (χ1v) is 11.9. The van der Waals surface area contributed by atoms with Crippen LogP contribution < -0.4 is 0 Å². The van der Waals surface area contributed by atoms with E-state index >= 15 is 0 Å². The minimum atomic E-state index is -3.48. The predicted octanol–water partition coefficient (Wildman–Crippen LogP) is 5.67. The van der Waals surface area contributed by atoms with E-state index in [0.717, 1.165) is 35.1 Å². The molecule has 0 radical (unpaired) electrons. The van der Waals surface area contributed by atoms with Gasteiger partial charge < -0.3 is 0 Å². The summed E-state index contributed by atoms with van der Waals surface area (Å²) in [5.74, 6) is 0. The van der Waals surface area contributed by atoms with Gasteiger partial charge in [-0.2, -0.15) is 4.31 Å². The van der Waals surface area contributed by atoms with Gasteiger partial charge in [0.25, 0.3) is 0 Å². The third-order valence-electron chi connectivity index (χ3n) is 5.71. The summed E-state index contributed by atoms with van der Waals surface area (Å²) in [6, 6.07) is 27.7. The van der Waals surface area contributed by atoms with Crippen LogP contribution in [-0.2, 0) is 10.0 Å². The maximum Gasteiger partial charge on any atom is 0.243 e. The van der Waals surface area contributed by atoms with Gasteiger partial charge >= 0.3 is 0 Å². The first kappa shape index (κ1) is 20.6. The second-order valence-electron chi connectivity index (χ2n) is 7.81. The second kappa shape index (κ2) is 8.99. The largest absolute Gasteiger partial charge is 0.243 e. The predicted molar refractivity (Wildman–Crippen MR) is 123 cm³/mol. The average Bonchev–Trinajstić information content (AvgIpc) is 3.25. The molecule has 0 amide bonds. The lowest BCUT2D eigenvalue weighted by Gasteiger charge is -2.24. The van der Waals surface area contributed by atoms with Crippen molar-refractivity contribution >= 4 is 15.6 Å². The van der Waals surface area contributed by atoms with Crippen LogP contribution >= 0.6 is 0 Å². The molecule has 0 saturated carbocycles. The summed E-state index contributed by atoms with van der Waals surface area (Å²) in [4.78, 5) is 0.385. The smallest absolute Gasteiger partial charge is 0.207 e. The summed E-state index contributed by atoms with van der Waals surface area (Å²) in [5.41, 5.74) is 4.50. The first-order valence-electron chi connectivity index (χ1n) is 10.5. The molecule has 1 heterocycles. The molecule has 3 nitrogen and oxygen atoms in total. The van der Waals surface area contributed by atoms with Gasteiger partial charge in [0.2, 0.25) is 10.0 Å². The zero-order chi connectivity index (χ0) is 21.0. The molecular formula is C26H27NO2S. The lowest BCUT2D eigenvalue weighted by atomic mass is 9.96. The molecule has 1 atom stereocenters. The highest BCUT2D eigenvalue weighted by atomic mass is 32.2. The normalized spacial score (nSPS) is 17.0. The molecule has 0 aliphatic carbocycles. The molecule has 0 N–H and O–H groups in total. The number of sulfonamides is 1. The number of benzene rings is 3. The summed E-state index contributed by atoms with van der Waals surface area (Å²) < 4.78 is 28.2. The molecule has 154 valence electrons. The van der Waals surface area contributed by atoms with Crippen molar-refractivity contribution in [3.63, 3.8) is 0 Å². The van der Waals surface area contributed by atoms with Gasteiger partial charge in [0.15, 0.2) is 0 Å². The van der Waals surface area contributed by atoms with Crippen molar-refractivity contribution in [1.82, 2.24) is 4.31 Å². The van der Waals surface area contributed by atoms with Crippen LogP contribution in [0.4, 0.5) is 0 Å². The molecular weight excluding hydrogens is 390 g/mol. The molecule has 1 fully saturated rings. The van der Waals surface area contributed by atoms with Crippen molar-refractivity contribution in [2.24, 2.45) is 0 Å². The van der Waals surface area contributed by atoms with Crippen LogP contribution in [0.2, 0.25) is 0 Å². The van der Waals surface area contributed by atoms with Crippen LogP contribution in [0.3, 0.4) is 0 Å². The van der Waals surface area contributed by atoms with Crippen molar-refractivity contribution in [1.29, 1.82) is 0 Å². The highest BCUT2D eigenvalue weighted by Crippen LogP contribution is 2.31. The van der Waals surface area contributed by atoms with Gasteiger partial charge in [0, 0.05) is 12.6 Å². The third kappa shape index (κ3) is 4.40. The molecule has 0 spiro atoms. The highest BCUT2D eigenvalue weighted by molar-refractivity contribution is 7.89. The Hall–Kier alpha value is -2.69. The lowest BCUT2D eigenvalue weighted by molar-refractivity contribution is 0.389. The number of hydrogen-bond acceptors (Lipinski definition) is 2. The van der Waals surface area contributed by atoms with Crippen molar-refractivity contribution in [2.45, 2.75) is 37.1 Å². The van der Waals surface area contributed by atoms with Gasteiger partial charge in [-0.3, -0.25) is 0 Å². The maximum atomic E-state index is 13.2. The van der Waals surface area contributed by atoms with Gasteiger partial charge in [0.05, 0.1) is 4.90 Å². The van der Waals surface area contributed by atoms with Crippen molar-refractivity contribution < 1.29 is 8.42 Å². The molecule has 1 aliphatic rings. The van der Waals surface area contributed by atoms with E-state index < -0.39 is 10.0 Å². The SMILES string of the molecule is Cc1ccc(S(=O)(=O)N2CCC[C@H]2CC=C(c2ccccc2)c2ccccc2)cc1. The Morgan fingerprint density at radius 1 is 0.900 bits per heavy atom. The minimum Gasteiger partial charge on any atom is -0.207 e. The van der Waals surface area contributed by atoms with Crippen molar-refractivity contribution in [2.75, 3.05) is 6.54 Å². The van der Waals surface area contributed by atoms with Crippen molar-refractivity contribution in [3.05, 3.63) is 108 Å². The molecule has 4 rings (SSSR count). The molecule has 3 aromatic rings. The molecule has 0 aromatic heterocycles. The highest BCUT2D eigenvalue weighted by Gasteiger charge is 2.34. The molecule has 1 aliphatic heterocycles. The number of nitrogens with zero attached hydrogens (tertiary/aromatic N) is 1. The van der Waals surface area contributed by atoms with Crippen LogP contribution in [0.25, 0.3) is 5.57 Å². The monoisotopic (exact) mass is 417 g/mol. The molecule has 30 heavy (non-hydrogen) atoms. The number of rotatable bonds is 6. The topological polar surface area (TPSA) is 37.4 Å². The fourth-order valence-corrected chi connectivity index (χ4v) is 5.80. The molecule has 4 heteroatoms. The molecule has 0 bridgehead atoms. The van der Waals surface area contributed by atoms with Gasteiger partial charge in [-0.25, -0.2) is 8.42 Å². The molecule has 1 saturated heterocycles. The fraction of sp³-hybridized carbons (Fsp3) is 0.231. The van der Waals surface area contributed by atoms with E-state index in [-0.39, 0.29) is 6.04 Å². The van der Waals surface area contributed by atoms with Crippen LogP contribution in [0.5, 0.6) is 0 Å². The minimum absolute atomic E-state index is 0.0151. The Morgan fingerprint density at radius 2 is 1.47 bits per heavy atom. The maximum absolute atomic E-state index is 13.2. The Kier molecular flexibility index (Phi) is 6.16. The summed E-state index contributed by atoms with van der Waals surface area (Å²) in [7, 11) is -3.48. The van der Waals surface area contributed by atoms with Gasteiger partial charge in [-0.05, 0) is 55.0 Å². The van der Waals surface area contributed by atoms with E-state index in [1.807, 2.05) is 55.5 Å². The Bertz CT molecular complexity index is 1060. The van der Waals surface area contributed by atoms with Crippen LogP contribution in [0.1, 0.15) is 36.0 Å². The summed E-state index contributed by atoms with van der Waals surface area (Å²) in [6.45, 7) is 2.55. The Labute approximate surface area is 179 Å². The van der Waals surface area contributed by atoms with Gasteiger partial charge in [-0.15, -0.1) is 0 Å². The van der Waals surface area contributed by atoms with E-state index in [1.165, 1.54) is 0 Å². The average molecular weight is 418 g/mol. The van der Waals surface area contributed by atoms with E-state index in [0.29, 0.717) is 17.9 Å². The number of aryl methyl sites for hydroxylation is 1. The molecule has 3 aromatic carbocycles. The zero-order valence-corrected chi connectivity index (χ0v) is 18.1. The summed E-state index contributed by atoms with van der Waals surface area (Å²) >= 11 is 0. The first-order chi connectivity index (χ1) is 14.6. The van der Waals surface area contributed by atoms with Gasteiger partial charge in [-0.1, -0.05) is 84.4 Å². The van der Waals surface area contributed by atoms with E-state index in [4.69, 9.17) is 0 Å². The number of hydrogen-bond donors (Lipinski definition) is 0. The summed E-state index contributed by atoms with van der Waals surface area (Å²) in [6.07, 6.45) is 4.69. The standard InChI is InChI=1S/C26H27NO2S/c1-21-14-17-25(18-15-21)30(28,29)27-20-8-13-24(27)16-19-26(22-9-4-2-5-10-22)23-11-6-3-7-12-23/h2-7,9-12,14-15,17-19,24H,8,13,16,20H2,1H3/t24-/m0/s1.